The quantitative estimate of drug-likeness (QED) is 0.703. The highest BCUT2D eigenvalue weighted by Crippen LogP contribution is 2.29. The minimum atomic E-state index is -0.369. The fraction of sp³-hybridized carbons (Fsp3) is 0.588. The Bertz CT molecular complexity index is 399. The minimum Gasteiger partial charge on any atom is -0.402 e. The number of hydrogen-bond acceptors (Lipinski definition) is 3. The van der Waals surface area contributed by atoms with Crippen LogP contribution in [0.2, 0.25) is 0 Å². The zero-order chi connectivity index (χ0) is 16.1. The van der Waals surface area contributed by atoms with Gasteiger partial charge in [0.15, 0.2) is 0 Å². The van der Waals surface area contributed by atoms with Gasteiger partial charge in [-0.2, -0.15) is 0 Å². The second-order valence-corrected chi connectivity index (χ2v) is 6.63. The number of allylic oxidation sites excluding steroid dienone is 4. The lowest BCUT2D eigenvalue weighted by Crippen LogP contribution is -2.32. The van der Waals surface area contributed by atoms with Gasteiger partial charge in [0.2, 0.25) is 0 Å². The molecule has 20 heavy (non-hydrogen) atoms. The Labute approximate surface area is 123 Å². The molecular weight excluding hydrogens is 248 g/mol. The number of rotatable bonds is 7. The molecule has 4 N–H and O–H groups in total. The van der Waals surface area contributed by atoms with E-state index in [9.17, 15) is 4.79 Å². The van der Waals surface area contributed by atoms with Crippen LogP contribution in [0.4, 0.5) is 0 Å². The Morgan fingerprint density at radius 1 is 1.25 bits per heavy atom. The van der Waals surface area contributed by atoms with E-state index in [1.807, 2.05) is 6.92 Å². The van der Waals surface area contributed by atoms with Crippen LogP contribution < -0.4 is 11.5 Å². The molecule has 0 fully saturated rings. The van der Waals surface area contributed by atoms with Gasteiger partial charge in [-0.3, -0.25) is 4.79 Å². The fourth-order valence-corrected chi connectivity index (χ4v) is 2.22. The molecule has 0 rings (SSSR count). The summed E-state index contributed by atoms with van der Waals surface area (Å²) in [5, 5.41) is 0. The first kappa shape index (κ1) is 18.7. The van der Waals surface area contributed by atoms with Crippen LogP contribution >= 0.6 is 0 Å². The summed E-state index contributed by atoms with van der Waals surface area (Å²) in [6, 6.07) is 0. The zero-order valence-electron chi connectivity index (χ0n) is 13.6. The molecule has 0 amide bonds. The Hall–Kier alpha value is -1.35. The molecule has 0 aliphatic heterocycles. The molecule has 0 bridgehead atoms. The molecule has 0 spiro atoms. The van der Waals surface area contributed by atoms with Crippen LogP contribution in [0.1, 0.15) is 41.0 Å². The van der Waals surface area contributed by atoms with E-state index >= 15 is 0 Å². The average Bonchev–Trinajstić information content (AvgIpc) is 2.25. The third-order valence-electron chi connectivity index (χ3n) is 3.58. The number of carbonyl (C=O) groups excluding carboxylic acids is 1. The van der Waals surface area contributed by atoms with E-state index in [4.69, 9.17) is 11.5 Å². The molecule has 3 heteroatoms. The van der Waals surface area contributed by atoms with Gasteiger partial charge in [-0.1, -0.05) is 45.6 Å². The van der Waals surface area contributed by atoms with E-state index in [2.05, 4.69) is 40.0 Å². The lowest BCUT2D eigenvalue weighted by molar-refractivity contribution is -0.121. The van der Waals surface area contributed by atoms with E-state index in [0.29, 0.717) is 12.2 Å². The van der Waals surface area contributed by atoms with Crippen molar-refractivity contribution in [1.29, 1.82) is 0 Å². The summed E-state index contributed by atoms with van der Waals surface area (Å²) < 4.78 is 0. The van der Waals surface area contributed by atoms with Gasteiger partial charge < -0.3 is 11.5 Å². The molecule has 0 saturated carbocycles. The van der Waals surface area contributed by atoms with Crippen molar-refractivity contribution < 1.29 is 4.79 Å². The molecular formula is C17H30N2O. The molecule has 3 nitrogen and oxygen atoms in total. The number of nitrogens with two attached hydrogens (primary N) is 2. The van der Waals surface area contributed by atoms with Crippen molar-refractivity contribution in [2.45, 2.75) is 41.0 Å². The van der Waals surface area contributed by atoms with Gasteiger partial charge in [0, 0.05) is 5.70 Å². The van der Waals surface area contributed by atoms with Gasteiger partial charge in [0.1, 0.15) is 5.78 Å². The highest BCUT2D eigenvalue weighted by atomic mass is 16.1. The van der Waals surface area contributed by atoms with Crippen molar-refractivity contribution in [2.75, 3.05) is 6.54 Å². The Kier molecular flexibility index (Phi) is 6.94. The third-order valence-corrected chi connectivity index (χ3v) is 3.58. The maximum atomic E-state index is 11.7. The number of Topliss-reactive ketones (excluding diaryl/α,β-unsaturated/α-hetero) is 1. The second-order valence-electron chi connectivity index (χ2n) is 6.63. The van der Waals surface area contributed by atoms with Crippen LogP contribution in [0.15, 0.2) is 36.1 Å². The van der Waals surface area contributed by atoms with E-state index in [1.54, 1.807) is 6.92 Å². The Morgan fingerprint density at radius 3 is 2.05 bits per heavy atom. The first-order valence-electron chi connectivity index (χ1n) is 7.02. The van der Waals surface area contributed by atoms with Crippen LogP contribution in [0.5, 0.6) is 0 Å². The second kappa shape index (κ2) is 7.44. The van der Waals surface area contributed by atoms with Crippen LogP contribution in [0, 0.1) is 17.3 Å². The van der Waals surface area contributed by atoms with Crippen LogP contribution in [-0.4, -0.2) is 12.3 Å². The molecule has 0 radical (unpaired) electrons. The third kappa shape index (κ3) is 5.74. The molecule has 2 atom stereocenters. The summed E-state index contributed by atoms with van der Waals surface area (Å²) in [6.07, 6.45) is 2.81. The summed E-state index contributed by atoms with van der Waals surface area (Å²) in [7, 11) is 0. The summed E-state index contributed by atoms with van der Waals surface area (Å²) in [5.74, 6) is -0.351. The van der Waals surface area contributed by atoms with Crippen molar-refractivity contribution in [1.82, 2.24) is 0 Å². The van der Waals surface area contributed by atoms with Crippen molar-refractivity contribution in [3.8, 4) is 0 Å². The van der Waals surface area contributed by atoms with E-state index in [1.165, 1.54) is 0 Å². The largest absolute Gasteiger partial charge is 0.402 e. The van der Waals surface area contributed by atoms with Crippen LogP contribution in [-0.2, 0) is 4.79 Å². The van der Waals surface area contributed by atoms with Crippen molar-refractivity contribution >= 4 is 5.78 Å². The van der Waals surface area contributed by atoms with E-state index in [0.717, 1.165) is 17.6 Å². The molecule has 0 aliphatic carbocycles. The van der Waals surface area contributed by atoms with Crippen molar-refractivity contribution in [3.63, 3.8) is 0 Å². The van der Waals surface area contributed by atoms with Gasteiger partial charge in [-0.25, -0.2) is 0 Å². The first-order valence-corrected chi connectivity index (χ1v) is 7.02. The monoisotopic (exact) mass is 278 g/mol. The molecule has 0 aromatic carbocycles. The molecule has 0 aliphatic rings. The van der Waals surface area contributed by atoms with Gasteiger partial charge in [-0.15, -0.1) is 0 Å². The standard InChI is InChI=1S/C17H30N2O/c1-11(8-12(2)17(5,6)7)9-15(10-18)16(13(3)19)14(4)20/h8,15-16H,2-3,9-10,18-19H2,1,4-7H3/b11-8+/t15-,16-/m0/s1. The lowest BCUT2D eigenvalue weighted by atomic mass is 9.81. The predicted octanol–water partition coefficient (Wildman–Crippen LogP) is 3.18. The molecule has 0 aromatic rings. The van der Waals surface area contributed by atoms with Crippen LogP contribution in [0.25, 0.3) is 0 Å². The van der Waals surface area contributed by atoms with Gasteiger partial charge in [-0.05, 0) is 43.7 Å². The molecule has 0 unspecified atom stereocenters. The number of carbonyl (C=O) groups is 1. The van der Waals surface area contributed by atoms with Gasteiger partial charge in [0.05, 0.1) is 5.92 Å². The van der Waals surface area contributed by atoms with Crippen molar-refractivity contribution in [3.05, 3.63) is 36.1 Å². The van der Waals surface area contributed by atoms with Crippen LogP contribution in [0.3, 0.4) is 0 Å². The normalized spacial score (nSPS) is 15.6. The van der Waals surface area contributed by atoms with E-state index < -0.39 is 0 Å². The van der Waals surface area contributed by atoms with Gasteiger partial charge >= 0.3 is 0 Å². The van der Waals surface area contributed by atoms with Gasteiger partial charge in [0.25, 0.3) is 0 Å². The summed E-state index contributed by atoms with van der Waals surface area (Å²) in [5.41, 5.74) is 14.2. The van der Waals surface area contributed by atoms with E-state index in [-0.39, 0.29) is 23.0 Å². The summed E-state index contributed by atoms with van der Waals surface area (Å²) in [6.45, 7) is 18.2. The number of hydrogen-bond donors (Lipinski definition) is 2. The van der Waals surface area contributed by atoms with Crippen molar-refractivity contribution in [2.24, 2.45) is 28.7 Å². The number of ketones is 1. The topological polar surface area (TPSA) is 69.1 Å². The molecule has 114 valence electrons. The maximum Gasteiger partial charge on any atom is 0.139 e. The summed E-state index contributed by atoms with van der Waals surface area (Å²) >= 11 is 0. The first-order chi connectivity index (χ1) is 9.00. The molecule has 0 heterocycles. The fourth-order valence-electron chi connectivity index (χ4n) is 2.22. The Balaban J connectivity index is 5.05. The minimum absolute atomic E-state index is 0.00554. The highest BCUT2D eigenvalue weighted by molar-refractivity contribution is 5.81. The highest BCUT2D eigenvalue weighted by Gasteiger charge is 2.26. The smallest absolute Gasteiger partial charge is 0.139 e. The average molecular weight is 278 g/mol. The molecule has 0 aromatic heterocycles. The summed E-state index contributed by atoms with van der Waals surface area (Å²) in [4.78, 5) is 11.7. The SMILES string of the molecule is C=C(N)[C@@H](C(C)=O)[C@H](CN)C/C(C)=C/C(=C)C(C)(C)C. The lowest BCUT2D eigenvalue weighted by Gasteiger charge is -2.25. The Morgan fingerprint density at radius 2 is 1.75 bits per heavy atom. The zero-order valence-corrected chi connectivity index (χ0v) is 13.6. The maximum absolute atomic E-state index is 11.7. The molecule has 0 saturated heterocycles. The predicted molar refractivity (Wildman–Crippen MR) is 87.0 cm³/mol.